The van der Waals surface area contributed by atoms with Crippen molar-refractivity contribution >= 4 is 17.5 Å². The molecular formula is C13H19ClN2O. The zero-order valence-electron chi connectivity index (χ0n) is 10.5. The first-order chi connectivity index (χ1) is 8.08. The highest BCUT2D eigenvalue weighted by molar-refractivity contribution is 6.30. The normalized spacial score (nSPS) is 14.1. The molecule has 0 aliphatic heterocycles. The molecule has 17 heavy (non-hydrogen) atoms. The fourth-order valence-corrected chi connectivity index (χ4v) is 1.77. The van der Waals surface area contributed by atoms with Crippen LogP contribution in [0.15, 0.2) is 24.3 Å². The summed E-state index contributed by atoms with van der Waals surface area (Å²) >= 11 is 5.95. The van der Waals surface area contributed by atoms with Crippen molar-refractivity contribution in [2.45, 2.75) is 32.4 Å². The fourth-order valence-electron chi connectivity index (χ4n) is 1.57. The molecule has 2 atom stereocenters. The Morgan fingerprint density at radius 2 is 2.18 bits per heavy atom. The molecular weight excluding hydrogens is 236 g/mol. The molecule has 0 bridgehead atoms. The van der Waals surface area contributed by atoms with Crippen LogP contribution >= 0.6 is 11.6 Å². The van der Waals surface area contributed by atoms with E-state index in [4.69, 9.17) is 11.6 Å². The van der Waals surface area contributed by atoms with Crippen LogP contribution in [-0.4, -0.2) is 19.0 Å². The van der Waals surface area contributed by atoms with Crippen molar-refractivity contribution in [1.29, 1.82) is 0 Å². The highest BCUT2D eigenvalue weighted by Crippen LogP contribution is 2.20. The third-order valence-electron chi connectivity index (χ3n) is 2.80. The summed E-state index contributed by atoms with van der Waals surface area (Å²) in [6.07, 6.45) is 0.836. The van der Waals surface area contributed by atoms with Crippen LogP contribution in [0.4, 0.5) is 0 Å². The summed E-state index contributed by atoms with van der Waals surface area (Å²) in [6, 6.07) is 7.41. The highest BCUT2D eigenvalue weighted by Gasteiger charge is 2.16. The average Bonchev–Trinajstić information content (AvgIpc) is 2.34. The van der Waals surface area contributed by atoms with Crippen molar-refractivity contribution < 1.29 is 4.79 Å². The van der Waals surface area contributed by atoms with Crippen LogP contribution in [-0.2, 0) is 4.79 Å². The van der Waals surface area contributed by atoms with Crippen LogP contribution < -0.4 is 10.6 Å². The van der Waals surface area contributed by atoms with Gasteiger partial charge in [-0.25, -0.2) is 0 Å². The first-order valence-corrected chi connectivity index (χ1v) is 6.19. The molecule has 0 spiro atoms. The van der Waals surface area contributed by atoms with Crippen molar-refractivity contribution in [2.75, 3.05) is 7.05 Å². The maximum atomic E-state index is 11.8. The standard InChI is InChI=1S/C13H19ClN2O/c1-4-12(16-13(17)9(2)15-3)10-6-5-7-11(14)8-10/h5-9,12,15H,4H2,1-3H3,(H,16,17). The van der Waals surface area contributed by atoms with E-state index in [1.165, 1.54) is 0 Å². The molecule has 0 saturated heterocycles. The van der Waals surface area contributed by atoms with Crippen molar-refractivity contribution in [3.63, 3.8) is 0 Å². The minimum Gasteiger partial charge on any atom is -0.348 e. The maximum Gasteiger partial charge on any atom is 0.237 e. The average molecular weight is 255 g/mol. The van der Waals surface area contributed by atoms with Gasteiger partial charge >= 0.3 is 0 Å². The predicted molar refractivity (Wildman–Crippen MR) is 71.1 cm³/mol. The molecule has 3 nitrogen and oxygen atoms in total. The molecule has 1 aromatic rings. The molecule has 0 radical (unpaired) electrons. The van der Waals surface area contributed by atoms with Crippen molar-refractivity contribution in [3.05, 3.63) is 34.9 Å². The zero-order chi connectivity index (χ0) is 12.8. The Hall–Kier alpha value is -1.06. The summed E-state index contributed by atoms with van der Waals surface area (Å²) in [5.41, 5.74) is 1.04. The van der Waals surface area contributed by atoms with Gasteiger partial charge in [0, 0.05) is 5.02 Å². The minimum absolute atomic E-state index is 0.000625. The lowest BCUT2D eigenvalue weighted by Gasteiger charge is -2.20. The van der Waals surface area contributed by atoms with Gasteiger partial charge in [0.25, 0.3) is 0 Å². The van der Waals surface area contributed by atoms with E-state index in [0.717, 1.165) is 12.0 Å². The summed E-state index contributed by atoms with van der Waals surface area (Å²) in [5.74, 6) is -0.000625. The number of benzene rings is 1. The van der Waals surface area contributed by atoms with E-state index < -0.39 is 0 Å². The number of hydrogen-bond acceptors (Lipinski definition) is 2. The Bertz CT molecular complexity index is 381. The van der Waals surface area contributed by atoms with E-state index in [2.05, 4.69) is 10.6 Å². The molecule has 0 fully saturated rings. The van der Waals surface area contributed by atoms with Crippen LogP contribution in [0.3, 0.4) is 0 Å². The molecule has 1 amide bonds. The number of carbonyl (C=O) groups excluding carboxylic acids is 1. The van der Waals surface area contributed by atoms with E-state index in [1.54, 1.807) is 7.05 Å². The summed E-state index contributed by atoms with van der Waals surface area (Å²) in [6.45, 7) is 3.87. The van der Waals surface area contributed by atoms with Crippen molar-refractivity contribution in [1.82, 2.24) is 10.6 Å². The van der Waals surface area contributed by atoms with Crippen LogP contribution in [0.2, 0.25) is 5.02 Å². The Morgan fingerprint density at radius 3 is 2.71 bits per heavy atom. The summed E-state index contributed by atoms with van der Waals surface area (Å²) in [7, 11) is 1.77. The van der Waals surface area contributed by atoms with Gasteiger partial charge in [-0.15, -0.1) is 0 Å². The first kappa shape index (κ1) is 14.0. The monoisotopic (exact) mass is 254 g/mol. The van der Waals surface area contributed by atoms with Crippen LogP contribution in [0.5, 0.6) is 0 Å². The van der Waals surface area contributed by atoms with Crippen molar-refractivity contribution in [3.8, 4) is 0 Å². The third kappa shape index (κ3) is 4.02. The van der Waals surface area contributed by atoms with Gasteiger partial charge in [0.1, 0.15) is 0 Å². The lowest BCUT2D eigenvalue weighted by atomic mass is 10.0. The number of nitrogens with one attached hydrogen (secondary N) is 2. The predicted octanol–water partition coefficient (Wildman–Crippen LogP) is 2.52. The zero-order valence-corrected chi connectivity index (χ0v) is 11.2. The van der Waals surface area contributed by atoms with Gasteiger partial charge in [-0.1, -0.05) is 30.7 Å². The first-order valence-electron chi connectivity index (χ1n) is 5.81. The largest absolute Gasteiger partial charge is 0.348 e. The molecule has 0 aliphatic carbocycles. The Balaban J connectivity index is 2.75. The molecule has 0 saturated carbocycles. The molecule has 4 heteroatoms. The second-order valence-corrected chi connectivity index (χ2v) is 4.47. The maximum absolute atomic E-state index is 11.8. The molecule has 94 valence electrons. The van der Waals surface area contributed by atoms with E-state index in [-0.39, 0.29) is 18.0 Å². The second-order valence-electron chi connectivity index (χ2n) is 4.03. The molecule has 2 N–H and O–H groups in total. The molecule has 2 unspecified atom stereocenters. The van der Waals surface area contributed by atoms with Gasteiger partial charge in [-0.2, -0.15) is 0 Å². The van der Waals surface area contributed by atoms with E-state index in [9.17, 15) is 4.79 Å². The Kier molecular flexibility index (Phi) is 5.45. The van der Waals surface area contributed by atoms with Crippen LogP contribution in [0.25, 0.3) is 0 Å². The SMILES string of the molecule is CCC(NC(=O)C(C)NC)c1cccc(Cl)c1. The van der Waals surface area contributed by atoms with Gasteiger partial charge in [0.15, 0.2) is 0 Å². The third-order valence-corrected chi connectivity index (χ3v) is 3.04. The summed E-state index contributed by atoms with van der Waals surface area (Å²) in [4.78, 5) is 11.8. The van der Waals surface area contributed by atoms with Gasteiger partial charge in [0.2, 0.25) is 5.91 Å². The van der Waals surface area contributed by atoms with E-state index in [1.807, 2.05) is 38.1 Å². The highest BCUT2D eigenvalue weighted by atomic mass is 35.5. The summed E-state index contributed by atoms with van der Waals surface area (Å²) in [5, 5.41) is 6.61. The molecule has 1 aromatic carbocycles. The molecule has 0 aromatic heterocycles. The topological polar surface area (TPSA) is 41.1 Å². The van der Waals surface area contributed by atoms with Gasteiger partial charge in [-0.3, -0.25) is 4.79 Å². The van der Waals surface area contributed by atoms with E-state index in [0.29, 0.717) is 5.02 Å². The quantitative estimate of drug-likeness (QED) is 0.848. The smallest absolute Gasteiger partial charge is 0.237 e. The summed E-state index contributed by atoms with van der Waals surface area (Å²) < 4.78 is 0. The van der Waals surface area contributed by atoms with Crippen LogP contribution in [0, 0.1) is 0 Å². The second kappa shape index (κ2) is 6.62. The van der Waals surface area contributed by atoms with Crippen LogP contribution in [0.1, 0.15) is 31.9 Å². The van der Waals surface area contributed by atoms with E-state index >= 15 is 0 Å². The fraction of sp³-hybridized carbons (Fsp3) is 0.462. The lowest BCUT2D eigenvalue weighted by molar-refractivity contribution is -0.123. The van der Waals surface area contributed by atoms with Gasteiger partial charge < -0.3 is 10.6 Å². The number of halogens is 1. The van der Waals surface area contributed by atoms with Gasteiger partial charge in [-0.05, 0) is 38.1 Å². The number of rotatable bonds is 5. The van der Waals surface area contributed by atoms with Crippen molar-refractivity contribution in [2.24, 2.45) is 0 Å². The lowest BCUT2D eigenvalue weighted by Crippen LogP contribution is -2.41. The molecule has 1 rings (SSSR count). The number of hydrogen-bond donors (Lipinski definition) is 2. The number of likely N-dealkylation sites (N-methyl/N-ethyl adjacent to an activating group) is 1. The Morgan fingerprint density at radius 1 is 1.47 bits per heavy atom. The minimum atomic E-state index is -0.191. The number of amides is 1. The molecule has 0 aliphatic rings. The molecule has 0 heterocycles. The van der Waals surface area contributed by atoms with Gasteiger partial charge in [0.05, 0.1) is 12.1 Å². The Labute approximate surface area is 108 Å². The number of carbonyl (C=O) groups is 1.